The second-order valence-electron chi connectivity index (χ2n) is 6.74. The van der Waals surface area contributed by atoms with Crippen LogP contribution in [-0.4, -0.2) is 62.4 Å². The maximum atomic E-state index is 11.2. The molecule has 0 amide bonds. The van der Waals surface area contributed by atoms with E-state index in [0.29, 0.717) is 18.1 Å². The Morgan fingerprint density at radius 3 is 2.44 bits per heavy atom. The van der Waals surface area contributed by atoms with Crippen LogP contribution in [0.3, 0.4) is 0 Å². The molecule has 2 heterocycles. The van der Waals surface area contributed by atoms with Crippen LogP contribution < -0.4 is 15.4 Å². The molecule has 1 aliphatic heterocycles. The van der Waals surface area contributed by atoms with Crippen molar-refractivity contribution in [2.45, 2.75) is 6.10 Å². The van der Waals surface area contributed by atoms with Gasteiger partial charge in [0.05, 0.1) is 12.4 Å². The zero-order valence-electron chi connectivity index (χ0n) is 15.2. The largest absolute Gasteiger partial charge is 0.387 e. The maximum Gasteiger partial charge on any atom is 0.229 e. The van der Waals surface area contributed by atoms with Crippen LogP contribution in [0, 0.1) is 0 Å². The van der Waals surface area contributed by atoms with E-state index in [2.05, 4.69) is 19.5 Å². The molecule has 1 saturated heterocycles. The first kappa shape index (κ1) is 19.4. The predicted octanol–water partition coefficient (Wildman–Crippen LogP) is 0.891. The molecule has 0 spiro atoms. The Balaban J connectivity index is 1.52. The van der Waals surface area contributed by atoms with Crippen molar-refractivity contribution >= 4 is 27.2 Å². The highest BCUT2D eigenvalue weighted by molar-refractivity contribution is 7.92. The number of nitrogens with one attached hydrogen (secondary N) is 1. The molecule has 0 aliphatic carbocycles. The number of hydrogen-bond acceptors (Lipinski definition) is 7. The number of piperazine rings is 1. The summed E-state index contributed by atoms with van der Waals surface area (Å²) in [6, 6.07) is 10.6. The van der Waals surface area contributed by atoms with Crippen LogP contribution in [0.2, 0.25) is 0 Å². The van der Waals surface area contributed by atoms with E-state index < -0.39 is 16.1 Å². The van der Waals surface area contributed by atoms with Crippen molar-refractivity contribution in [2.75, 3.05) is 54.3 Å². The monoisotopic (exact) mass is 391 g/mol. The van der Waals surface area contributed by atoms with Gasteiger partial charge in [-0.25, -0.2) is 13.4 Å². The first-order valence-corrected chi connectivity index (χ1v) is 10.6. The summed E-state index contributed by atoms with van der Waals surface area (Å²) >= 11 is 0. The molecule has 146 valence electrons. The highest BCUT2D eigenvalue weighted by atomic mass is 32.2. The third-order valence-corrected chi connectivity index (χ3v) is 5.14. The van der Waals surface area contributed by atoms with Crippen LogP contribution in [0.1, 0.15) is 11.7 Å². The fourth-order valence-electron chi connectivity index (χ4n) is 3.16. The molecule has 1 aliphatic rings. The van der Waals surface area contributed by atoms with E-state index >= 15 is 0 Å². The van der Waals surface area contributed by atoms with Crippen molar-refractivity contribution in [3.63, 3.8) is 0 Å². The van der Waals surface area contributed by atoms with Gasteiger partial charge in [0.1, 0.15) is 5.82 Å². The standard InChI is InChI=1S/C18H25N5O3S/c1-27(25,26)21-15-4-2-14(3-5-15)17(24)13-22-8-10-23(11-9-22)16-6-7-20-18(19)12-16/h2-7,12,17,21,24H,8-11,13H2,1H3,(H2,19,20). The molecule has 8 nitrogen and oxygen atoms in total. The molecule has 1 atom stereocenters. The predicted molar refractivity (Wildman–Crippen MR) is 107 cm³/mol. The smallest absolute Gasteiger partial charge is 0.229 e. The summed E-state index contributed by atoms with van der Waals surface area (Å²) in [6.45, 7) is 3.92. The van der Waals surface area contributed by atoms with Gasteiger partial charge in [-0.15, -0.1) is 0 Å². The van der Waals surface area contributed by atoms with Crippen LogP contribution in [0.5, 0.6) is 0 Å². The number of β-amino-alcohol motifs (C(OH)–C–C–N with tert-alkyl or cyclic N) is 1. The lowest BCUT2D eigenvalue weighted by Gasteiger charge is -2.37. The zero-order chi connectivity index (χ0) is 19.4. The molecule has 9 heteroatoms. The second kappa shape index (κ2) is 8.12. The Labute approximate surface area is 159 Å². The van der Waals surface area contributed by atoms with Crippen molar-refractivity contribution in [3.8, 4) is 0 Å². The number of nitrogens with zero attached hydrogens (tertiary/aromatic N) is 3. The molecular weight excluding hydrogens is 366 g/mol. The van der Waals surface area contributed by atoms with Gasteiger partial charge in [0.2, 0.25) is 10.0 Å². The number of nitrogens with two attached hydrogens (primary N) is 1. The molecule has 4 N–H and O–H groups in total. The van der Waals surface area contributed by atoms with Gasteiger partial charge in [0.15, 0.2) is 0 Å². The molecule has 27 heavy (non-hydrogen) atoms. The van der Waals surface area contributed by atoms with E-state index in [0.717, 1.165) is 43.7 Å². The fourth-order valence-corrected chi connectivity index (χ4v) is 3.72. The lowest BCUT2D eigenvalue weighted by molar-refractivity contribution is 0.109. The van der Waals surface area contributed by atoms with E-state index in [1.54, 1.807) is 30.5 Å². The van der Waals surface area contributed by atoms with Crippen LogP contribution in [0.25, 0.3) is 0 Å². The van der Waals surface area contributed by atoms with Crippen molar-refractivity contribution in [1.29, 1.82) is 0 Å². The summed E-state index contributed by atoms with van der Waals surface area (Å²) in [5.41, 5.74) is 8.06. The summed E-state index contributed by atoms with van der Waals surface area (Å²) in [5.74, 6) is 0.513. The van der Waals surface area contributed by atoms with E-state index in [-0.39, 0.29) is 0 Å². The molecule has 1 fully saturated rings. The number of pyridine rings is 1. The average molecular weight is 391 g/mol. The van der Waals surface area contributed by atoms with Gasteiger partial charge in [-0.3, -0.25) is 9.62 Å². The van der Waals surface area contributed by atoms with Gasteiger partial charge in [-0.1, -0.05) is 12.1 Å². The summed E-state index contributed by atoms with van der Waals surface area (Å²) in [4.78, 5) is 8.49. The first-order chi connectivity index (χ1) is 12.8. The summed E-state index contributed by atoms with van der Waals surface area (Å²) in [7, 11) is -3.30. The van der Waals surface area contributed by atoms with Gasteiger partial charge in [-0.05, 0) is 23.8 Å². The second-order valence-corrected chi connectivity index (χ2v) is 8.49. The number of sulfonamides is 1. The van der Waals surface area contributed by atoms with Crippen molar-refractivity contribution in [1.82, 2.24) is 9.88 Å². The molecule has 1 unspecified atom stereocenters. The van der Waals surface area contributed by atoms with Gasteiger partial charge in [0, 0.05) is 56.4 Å². The van der Waals surface area contributed by atoms with Crippen molar-refractivity contribution < 1.29 is 13.5 Å². The number of hydrogen-bond donors (Lipinski definition) is 3. The Bertz CT molecular complexity index is 865. The van der Waals surface area contributed by atoms with Gasteiger partial charge in [0.25, 0.3) is 0 Å². The van der Waals surface area contributed by atoms with Crippen molar-refractivity contribution in [2.24, 2.45) is 0 Å². The molecule has 0 bridgehead atoms. The number of nitrogen functional groups attached to an aromatic ring is 1. The number of benzene rings is 1. The topological polar surface area (TPSA) is 112 Å². The number of aliphatic hydroxyl groups excluding tert-OH is 1. The lowest BCUT2D eigenvalue weighted by atomic mass is 10.1. The number of anilines is 3. The third kappa shape index (κ3) is 5.56. The van der Waals surface area contributed by atoms with Crippen LogP contribution in [0.15, 0.2) is 42.6 Å². The van der Waals surface area contributed by atoms with Gasteiger partial charge < -0.3 is 15.7 Å². The number of rotatable bonds is 6. The lowest BCUT2D eigenvalue weighted by Crippen LogP contribution is -2.47. The summed E-state index contributed by atoms with van der Waals surface area (Å²) in [6.07, 6.45) is 2.19. The first-order valence-electron chi connectivity index (χ1n) is 8.75. The molecule has 0 radical (unpaired) electrons. The number of aliphatic hydroxyl groups is 1. The summed E-state index contributed by atoms with van der Waals surface area (Å²) < 4.78 is 24.9. The molecule has 2 aromatic rings. The van der Waals surface area contributed by atoms with E-state index in [1.165, 1.54) is 0 Å². The van der Waals surface area contributed by atoms with E-state index in [1.807, 2.05) is 12.1 Å². The Morgan fingerprint density at radius 1 is 1.19 bits per heavy atom. The highest BCUT2D eigenvalue weighted by Gasteiger charge is 2.20. The van der Waals surface area contributed by atoms with Gasteiger partial charge >= 0.3 is 0 Å². The maximum absolute atomic E-state index is 11.2. The molecule has 0 saturated carbocycles. The fraction of sp³-hybridized carbons (Fsp3) is 0.389. The summed E-state index contributed by atoms with van der Waals surface area (Å²) in [5, 5.41) is 10.5. The van der Waals surface area contributed by atoms with E-state index in [9.17, 15) is 13.5 Å². The minimum absolute atomic E-state index is 0.485. The van der Waals surface area contributed by atoms with E-state index in [4.69, 9.17) is 5.73 Å². The minimum atomic E-state index is -3.30. The van der Waals surface area contributed by atoms with Gasteiger partial charge in [-0.2, -0.15) is 0 Å². The Morgan fingerprint density at radius 2 is 1.85 bits per heavy atom. The SMILES string of the molecule is CS(=O)(=O)Nc1ccc(C(O)CN2CCN(c3ccnc(N)c3)CC2)cc1. The van der Waals surface area contributed by atoms with Crippen LogP contribution in [0.4, 0.5) is 17.2 Å². The normalized spacial score (nSPS) is 16.9. The Hall–Kier alpha value is -2.36. The highest BCUT2D eigenvalue weighted by Crippen LogP contribution is 2.21. The molecule has 1 aromatic carbocycles. The molecular formula is C18H25N5O3S. The Kier molecular flexibility index (Phi) is 5.83. The third-order valence-electron chi connectivity index (χ3n) is 4.53. The number of aromatic nitrogens is 1. The quantitative estimate of drug-likeness (QED) is 0.670. The van der Waals surface area contributed by atoms with Crippen LogP contribution >= 0.6 is 0 Å². The van der Waals surface area contributed by atoms with Crippen molar-refractivity contribution in [3.05, 3.63) is 48.2 Å². The average Bonchev–Trinajstić information content (AvgIpc) is 2.61. The molecule has 1 aromatic heterocycles. The van der Waals surface area contributed by atoms with Crippen LogP contribution in [-0.2, 0) is 10.0 Å². The molecule has 3 rings (SSSR count). The minimum Gasteiger partial charge on any atom is -0.387 e. The zero-order valence-corrected chi connectivity index (χ0v) is 16.1.